The second-order valence-corrected chi connectivity index (χ2v) is 14.1. The van der Waals surface area contributed by atoms with E-state index in [4.69, 9.17) is 4.42 Å². The third kappa shape index (κ3) is 4.81. The van der Waals surface area contributed by atoms with Gasteiger partial charge in [-0.25, -0.2) is 0 Å². The topological polar surface area (TPSA) is 16.4 Å². The summed E-state index contributed by atoms with van der Waals surface area (Å²) in [5.74, 6) is 0. The average molecular weight is 688 g/mol. The molecule has 10 aromatic carbocycles. The van der Waals surface area contributed by atoms with Crippen molar-refractivity contribution in [1.82, 2.24) is 0 Å². The first-order chi connectivity index (χ1) is 26.8. The Morgan fingerprint density at radius 3 is 1.70 bits per heavy atom. The Balaban J connectivity index is 1.09. The zero-order chi connectivity index (χ0) is 35.6. The van der Waals surface area contributed by atoms with Crippen LogP contribution in [0, 0.1) is 0 Å². The number of fused-ring (bicyclic) bond motifs is 10. The van der Waals surface area contributed by atoms with Gasteiger partial charge in [0.1, 0.15) is 11.2 Å². The van der Waals surface area contributed by atoms with Gasteiger partial charge in [0.25, 0.3) is 0 Å². The molecule has 11 rings (SSSR count). The van der Waals surface area contributed by atoms with Gasteiger partial charge in [-0.3, -0.25) is 0 Å². The molecule has 0 N–H and O–H groups in total. The van der Waals surface area contributed by atoms with Gasteiger partial charge in [0.05, 0.1) is 5.69 Å². The Kier molecular flexibility index (Phi) is 6.90. The van der Waals surface area contributed by atoms with Gasteiger partial charge in [0.15, 0.2) is 0 Å². The van der Waals surface area contributed by atoms with E-state index in [0.29, 0.717) is 0 Å². The highest BCUT2D eigenvalue weighted by atomic mass is 16.3. The summed E-state index contributed by atoms with van der Waals surface area (Å²) in [4.78, 5) is 2.39. The lowest BCUT2D eigenvalue weighted by Gasteiger charge is -2.27. The van der Waals surface area contributed by atoms with Gasteiger partial charge in [0.2, 0.25) is 0 Å². The summed E-state index contributed by atoms with van der Waals surface area (Å²) in [6, 6.07) is 72.3. The van der Waals surface area contributed by atoms with Crippen LogP contribution in [0.3, 0.4) is 0 Å². The molecule has 1 aromatic heterocycles. The highest BCUT2D eigenvalue weighted by Gasteiger charge is 2.19. The summed E-state index contributed by atoms with van der Waals surface area (Å²) in [5.41, 5.74) is 9.92. The van der Waals surface area contributed by atoms with Gasteiger partial charge in [-0.2, -0.15) is 0 Å². The molecule has 0 aliphatic rings. The number of hydrogen-bond donors (Lipinski definition) is 0. The van der Waals surface area contributed by atoms with Gasteiger partial charge in [0, 0.05) is 27.5 Å². The van der Waals surface area contributed by atoms with Gasteiger partial charge in [-0.05, 0) is 115 Å². The van der Waals surface area contributed by atoms with Crippen molar-refractivity contribution in [3.63, 3.8) is 0 Å². The summed E-state index contributed by atoms with van der Waals surface area (Å²) < 4.78 is 6.31. The fraction of sp³-hybridized carbons (Fsp3) is 0. The molecule has 0 atom stereocenters. The molecule has 0 amide bonds. The summed E-state index contributed by atoms with van der Waals surface area (Å²) in [6.07, 6.45) is 0. The number of furan rings is 1. The van der Waals surface area contributed by atoms with Gasteiger partial charge >= 0.3 is 0 Å². The lowest BCUT2D eigenvalue weighted by molar-refractivity contribution is 0.669. The smallest absolute Gasteiger partial charge is 0.136 e. The van der Waals surface area contributed by atoms with Crippen LogP contribution in [-0.2, 0) is 0 Å². The lowest BCUT2D eigenvalue weighted by atomic mass is 9.90. The van der Waals surface area contributed by atoms with Crippen LogP contribution in [0.15, 0.2) is 205 Å². The minimum Gasteiger partial charge on any atom is -0.456 e. The molecule has 0 fully saturated rings. The SMILES string of the molecule is c1ccc(-c2ccc(N(c3ccc(-c4cc5ccc6ccccc6c5c5ccccc45)cc3)c3cccc4c3ccc3oc5ccccc5c34)cc2)cc1. The number of rotatable bonds is 5. The maximum atomic E-state index is 6.31. The van der Waals surface area contributed by atoms with E-state index in [-0.39, 0.29) is 0 Å². The Morgan fingerprint density at radius 1 is 0.315 bits per heavy atom. The molecule has 252 valence electrons. The molecule has 0 spiro atoms. The van der Waals surface area contributed by atoms with Crippen molar-refractivity contribution < 1.29 is 4.42 Å². The molecular weight excluding hydrogens is 655 g/mol. The van der Waals surface area contributed by atoms with Crippen molar-refractivity contribution in [3.8, 4) is 22.3 Å². The van der Waals surface area contributed by atoms with Crippen molar-refractivity contribution in [2.24, 2.45) is 0 Å². The van der Waals surface area contributed by atoms with Gasteiger partial charge in [-0.15, -0.1) is 0 Å². The quantitative estimate of drug-likeness (QED) is 0.168. The molecule has 2 heteroatoms. The van der Waals surface area contributed by atoms with E-state index >= 15 is 0 Å². The number of benzene rings is 10. The molecule has 0 saturated heterocycles. The molecule has 2 nitrogen and oxygen atoms in total. The Labute approximate surface area is 312 Å². The number of para-hydroxylation sites is 1. The van der Waals surface area contributed by atoms with E-state index < -0.39 is 0 Å². The standard InChI is InChI=1S/C52H33NO/c1-2-11-34(12-3-1)35-23-27-39(28-24-35)53(48-19-10-18-45-43(48)31-32-50-52(45)46-17-8-9-20-49(46)54-50)40-29-25-37(26-30-40)47-33-38-22-21-36-13-4-5-14-41(36)51(38)44-16-7-6-15-42(44)47/h1-33H. The van der Waals surface area contributed by atoms with Crippen LogP contribution in [0.4, 0.5) is 17.1 Å². The number of anilines is 3. The molecule has 54 heavy (non-hydrogen) atoms. The summed E-state index contributed by atoms with van der Waals surface area (Å²) in [5, 5.41) is 12.3. The number of hydrogen-bond acceptors (Lipinski definition) is 2. The molecule has 11 aromatic rings. The first-order valence-electron chi connectivity index (χ1n) is 18.5. The minimum absolute atomic E-state index is 0.902. The zero-order valence-corrected chi connectivity index (χ0v) is 29.4. The van der Waals surface area contributed by atoms with Crippen molar-refractivity contribution in [2.45, 2.75) is 0 Å². The number of nitrogens with zero attached hydrogens (tertiary/aromatic N) is 1. The zero-order valence-electron chi connectivity index (χ0n) is 29.4. The monoisotopic (exact) mass is 687 g/mol. The third-order valence-electron chi connectivity index (χ3n) is 11.0. The van der Waals surface area contributed by atoms with Gasteiger partial charge in [-0.1, -0.05) is 146 Å². The van der Waals surface area contributed by atoms with Crippen molar-refractivity contribution in [2.75, 3.05) is 4.90 Å². The molecule has 0 aliphatic carbocycles. The molecule has 0 radical (unpaired) electrons. The van der Waals surface area contributed by atoms with Gasteiger partial charge < -0.3 is 9.32 Å². The largest absolute Gasteiger partial charge is 0.456 e. The predicted molar refractivity (Wildman–Crippen MR) is 229 cm³/mol. The second kappa shape index (κ2) is 12.2. The van der Waals surface area contributed by atoms with Crippen LogP contribution >= 0.6 is 0 Å². The summed E-state index contributed by atoms with van der Waals surface area (Å²) in [6.45, 7) is 0. The molecule has 0 bridgehead atoms. The van der Waals surface area contributed by atoms with E-state index in [1.807, 2.05) is 12.1 Å². The molecule has 0 saturated carbocycles. The maximum Gasteiger partial charge on any atom is 0.136 e. The van der Waals surface area contributed by atoms with Crippen molar-refractivity contribution >= 4 is 82.1 Å². The van der Waals surface area contributed by atoms with Crippen LogP contribution in [-0.4, -0.2) is 0 Å². The van der Waals surface area contributed by atoms with Crippen LogP contribution in [0.1, 0.15) is 0 Å². The van der Waals surface area contributed by atoms with E-state index in [1.54, 1.807) is 0 Å². The second-order valence-electron chi connectivity index (χ2n) is 14.1. The van der Waals surface area contributed by atoms with Crippen LogP contribution in [0.2, 0.25) is 0 Å². The van der Waals surface area contributed by atoms with E-state index in [0.717, 1.165) is 39.0 Å². The third-order valence-corrected chi connectivity index (χ3v) is 11.0. The fourth-order valence-electron chi connectivity index (χ4n) is 8.53. The fourth-order valence-corrected chi connectivity index (χ4v) is 8.53. The highest BCUT2D eigenvalue weighted by Crippen LogP contribution is 2.44. The lowest BCUT2D eigenvalue weighted by Crippen LogP contribution is -2.10. The first-order valence-corrected chi connectivity index (χ1v) is 18.5. The van der Waals surface area contributed by atoms with E-state index in [9.17, 15) is 0 Å². The Morgan fingerprint density at radius 2 is 0.907 bits per heavy atom. The molecule has 0 unspecified atom stereocenters. The molecular formula is C52H33NO. The summed E-state index contributed by atoms with van der Waals surface area (Å²) in [7, 11) is 0. The van der Waals surface area contributed by atoms with Crippen LogP contribution in [0.5, 0.6) is 0 Å². The average Bonchev–Trinajstić information content (AvgIpc) is 3.64. The predicted octanol–water partition coefficient (Wildman–Crippen LogP) is 15.0. The van der Waals surface area contributed by atoms with Crippen molar-refractivity contribution in [3.05, 3.63) is 200 Å². The molecule has 0 aliphatic heterocycles. The normalized spacial score (nSPS) is 11.7. The van der Waals surface area contributed by atoms with Crippen LogP contribution in [0.25, 0.3) is 87.3 Å². The van der Waals surface area contributed by atoms with E-state index in [2.05, 4.69) is 193 Å². The van der Waals surface area contributed by atoms with Crippen molar-refractivity contribution in [1.29, 1.82) is 0 Å². The van der Waals surface area contributed by atoms with Crippen LogP contribution < -0.4 is 4.90 Å². The highest BCUT2D eigenvalue weighted by molar-refractivity contribution is 6.24. The van der Waals surface area contributed by atoms with E-state index in [1.165, 1.54) is 65.3 Å². The first kappa shape index (κ1) is 30.5. The molecule has 1 heterocycles. The maximum absolute atomic E-state index is 6.31. The Hall–Kier alpha value is -7.16. The Bertz CT molecular complexity index is 3190. The summed E-state index contributed by atoms with van der Waals surface area (Å²) >= 11 is 0. The minimum atomic E-state index is 0.902.